The van der Waals surface area contributed by atoms with Gasteiger partial charge in [0.05, 0.1) is 21.3 Å². The third-order valence-electron chi connectivity index (χ3n) is 10.7. The first-order valence-electron chi connectivity index (χ1n) is 20.6. The van der Waals surface area contributed by atoms with Gasteiger partial charge >= 0.3 is 24.1 Å². The van der Waals surface area contributed by atoms with E-state index in [4.69, 9.17) is 28.1 Å². The molecular formula is C46H65N3O12Si. The number of benzene rings is 3. The summed E-state index contributed by atoms with van der Waals surface area (Å²) in [7, 11) is 1.66. The number of ether oxygens (including phenoxy) is 5. The number of carbonyl (C=O) groups excluding carboxylic acids is 4. The van der Waals surface area contributed by atoms with Crippen molar-refractivity contribution in [2.45, 2.75) is 123 Å². The van der Waals surface area contributed by atoms with Crippen molar-refractivity contribution < 1.29 is 57.2 Å². The Morgan fingerprint density at radius 2 is 1.35 bits per heavy atom. The molecule has 0 saturated heterocycles. The van der Waals surface area contributed by atoms with Gasteiger partial charge in [-0.2, -0.15) is 0 Å². The number of carboxylic acids is 1. The Labute approximate surface area is 366 Å². The van der Waals surface area contributed by atoms with Crippen LogP contribution < -0.4 is 29.9 Å². The number of rotatable bonds is 19. The summed E-state index contributed by atoms with van der Waals surface area (Å²) in [6.07, 6.45) is -1.31. The summed E-state index contributed by atoms with van der Waals surface area (Å²) < 4.78 is 34.7. The number of carboxylic acid groups (broad SMARTS) is 1. The third kappa shape index (κ3) is 14.4. The molecule has 0 aliphatic carbocycles. The number of hydrogen-bond donors (Lipinski definition) is 4. The molecule has 0 bridgehead atoms. The number of aliphatic carboxylic acids is 1. The van der Waals surface area contributed by atoms with Gasteiger partial charge < -0.3 is 49.2 Å². The Balaban J connectivity index is 2.13. The smallest absolute Gasteiger partial charge is 0.408 e. The van der Waals surface area contributed by atoms with Gasteiger partial charge in [-0.25, -0.2) is 19.2 Å². The topological polar surface area (TPSA) is 197 Å². The van der Waals surface area contributed by atoms with Gasteiger partial charge in [0.2, 0.25) is 5.91 Å². The molecule has 0 spiro atoms. The van der Waals surface area contributed by atoms with Crippen LogP contribution in [0.15, 0.2) is 60.7 Å². The standard InChI is InChI=1S/C46H65N3O12Si/c1-14-28(2)38(49-43(54)59-27-29-18-16-15-17-19-29)40(50)47-35(42(53)58-11)25-31-23-33(39(57-10)37(26-31)61-62(12,13)46(6,7)8)32-22-30(20-21-36(32)56-9)24-34(41(51)52)48-44(55)60-45(3,4)5/h15-23,26,28,34-35,38H,14,24-25,27H2,1-13H3,(H,47,50)(H,48,55)(H,49,54)(H,51,52)/t28-,34-,35-,38-/m0/s1. The molecule has 0 heterocycles. The molecule has 340 valence electrons. The number of hydrogen-bond acceptors (Lipinski definition) is 11. The number of alkyl carbamates (subject to hydrolysis) is 2. The molecule has 62 heavy (non-hydrogen) atoms. The van der Waals surface area contributed by atoms with Crippen LogP contribution in [-0.4, -0.2) is 88.5 Å². The largest absolute Gasteiger partial charge is 0.541 e. The van der Waals surface area contributed by atoms with Crippen molar-refractivity contribution in [3.05, 3.63) is 77.4 Å². The lowest BCUT2D eigenvalue weighted by atomic mass is 9.94. The average Bonchev–Trinajstić information content (AvgIpc) is 3.19. The molecule has 4 atom stereocenters. The molecule has 0 unspecified atom stereocenters. The van der Waals surface area contributed by atoms with Gasteiger partial charge in [-0.1, -0.05) is 77.4 Å². The molecule has 3 aromatic carbocycles. The highest BCUT2D eigenvalue weighted by atomic mass is 28.4. The van der Waals surface area contributed by atoms with Crippen LogP contribution in [0.3, 0.4) is 0 Å². The highest BCUT2D eigenvalue weighted by Crippen LogP contribution is 2.47. The van der Waals surface area contributed by atoms with Crippen molar-refractivity contribution in [1.29, 1.82) is 0 Å². The Morgan fingerprint density at radius 1 is 0.726 bits per heavy atom. The highest BCUT2D eigenvalue weighted by Gasteiger charge is 2.40. The van der Waals surface area contributed by atoms with E-state index in [2.05, 4.69) is 49.8 Å². The van der Waals surface area contributed by atoms with Crippen molar-refractivity contribution in [3.63, 3.8) is 0 Å². The van der Waals surface area contributed by atoms with E-state index < -0.39 is 62.1 Å². The van der Waals surface area contributed by atoms with E-state index in [1.807, 2.05) is 44.2 Å². The van der Waals surface area contributed by atoms with Crippen molar-refractivity contribution in [3.8, 4) is 28.4 Å². The van der Waals surface area contributed by atoms with Crippen LogP contribution in [-0.2, 0) is 48.0 Å². The molecule has 0 fully saturated rings. The van der Waals surface area contributed by atoms with Crippen LogP contribution in [0, 0.1) is 5.92 Å². The zero-order chi connectivity index (χ0) is 46.6. The quantitative estimate of drug-likeness (QED) is 0.0519. The van der Waals surface area contributed by atoms with E-state index in [1.165, 1.54) is 21.3 Å². The SMILES string of the molecule is CC[C@H](C)[C@H](NC(=O)OCc1ccccc1)C(=O)N[C@@H](Cc1cc(O[Si](C)(C)C(C)(C)C)c(OC)c(-c2cc(C[C@H](NC(=O)OC(C)(C)C)C(=O)O)ccc2OC)c1)C(=O)OC. The summed E-state index contributed by atoms with van der Waals surface area (Å²) in [5, 5.41) is 17.8. The third-order valence-corrected chi connectivity index (χ3v) is 15.0. The van der Waals surface area contributed by atoms with Crippen LogP contribution in [0.2, 0.25) is 18.1 Å². The van der Waals surface area contributed by atoms with Crippen molar-refractivity contribution in [2.24, 2.45) is 5.92 Å². The van der Waals surface area contributed by atoms with Crippen LogP contribution in [0.1, 0.15) is 78.5 Å². The fraction of sp³-hybridized carbons (Fsp3) is 0.500. The lowest BCUT2D eigenvalue weighted by Crippen LogP contribution is -2.54. The molecule has 15 nitrogen and oxygen atoms in total. The molecule has 3 amide bonds. The Hall–Kier alpha value is -5.77. The summed E-state index contributed by atoms with van der Waals surface area (Å²) >= 11 is 0. The van der Waals surface area contributed by atoms with Gasteiger partial charge in [-0.3, -0.25) is 4.79 Å². The first-order valence-corrected chi connectivity index (χ1v) is 23.5. The number of nitrogens with one attached hydrogen (secondary N) is 3. The van der Waals surface area contributed by atoms with Crippen molar-refractivity contribution in [2.75, 3.05) is 21.3 Å². The van der Waals surface area contributed by atoms with E-state index in [9.17, 15) is 29.1 Å². The molecular weight excluding hydrogens is 815 g/mol. The zero-order valence-electron chi connectivity index (χ0n) is 38.3. The minimum atomic E-state index is -2.55. The second-order valence-corrected chi connectivity index (χ2v) is 22.4. The first-order chi connectivity index (χ1) is 28.9. The van der Waals surface area contributed by atoms with E-state index in [1.54, 1.807) is 51.1 Å². The monoisotopic (exact) mass is 879 g/mol. The van der Waals surface area contributed by atoms with Gasteiger partial charge in [-0.15, -0.1) is 0 Å². The van der Waals surface area contributed by atoms with Crippen LogP contribution in [0.4, 0.5) is 9.59 Å². The van der Waals surface area contributed by atoms with Crippen LogP contribution in [0.5, 0.6) is 17.2 Å². The number of carbonyl (C=O) groups is 5. The van der Waals surface area contributed by atoms with E-state index in [-0.39, 0.29) is 30.4 Å². The van der Waals surface area contributed by atoms with E-state index in [0.29, 0.717) is 45.9 Å². The minimum Gasteiger partial charge on any atom is -0.541 e. The van der Waals surface area contributed by atoms with Gasteiger partial charge in [0.25, 0.3) is 8.32 Å². The van der Waals surface area contributed by atoms with Gasteiger partial charge in [0.15, 0.2) is 5.75 Å². The van der Waals surface area contributed by atoms with Gasteiger partial charge in [-0.05, 0) is 85.8 Å². The molecule has 0 aliphatic rings. The van der Waals surface area contributed by atoms with Crippen molar-refractivity contribution in [1.82, 2.24) is 16.0 Å². The summed E-state index contributed by atoms with van der Waals surface area (Å²) in [6, 6.07) is 14.2. The highest BCUT2D eigenvalue weighted by molar-refractivity contribution is 6.74. The van der Waals surface area contributed by atoms with Crippen molar-refractivity contribution >= 4 is 38.3 Å². The fourth-order valence-electron chi connectivity index (χ4n) is 6.10. The summed E-state index contributed by atoms with van der Waals surface area (Å²) in [5.74, 6) is -1.80. The summed E-state index contributed by atoms with van der Waals surface area (Å²) in [6.45, 7) is 19.2. The van der Waals surface area contributed by atoms with Crippen LogP contribution in [0.25, 0.3) is 11.1 Å². The molecule has 3 rings (SSSR count). The maximum absolute atomic E-state index is 14.0. The molecule has 4 N–H and O–H groups in total. The number of methoxy groups -OCH3 is 3. The molecule has 0 radical (unpaired) electrons. The number of amides is 3. The average molecular weight is 880 g/mol. The Morgan fingerprint density at radius 3 is 1.90 bits per heavy atom. The summed E-state index contributed by atoms with van der Waals surface area (Å²) in [4.78, 5) is 65.4. The maximum Gasteiger partial charge on any atom is 0.408 e. The van der Waals surface area contributed by atoms with E-state index in [0.717, 1.165) is 5.56 Å². The second-order valence-electron chi connectivity index (χ2n) is 17.7. The van der Waals surface area contributed by atoms with Crippen LogP contribution >= 0.6 is 0 Å². The lowest BCUT2D eigenvalue weighted by Gasteiger charge is -2.37. The lowest BCUT2D eigenvalue weighted by molar-refractivity contribution is -0.145. The minimum absolute atomic E-state index is 0.00217. The maximum atomic E-state index is 14.0. The Kier molecular flexibility index (Phi) is 17.8. The predicted octanol–water partition coefficient (Wildman–Crippen LogP) is 7.82. The number of esters is 1. The molecule has 3 aromatic rings. The Bertz CT molecular complexity index is 2030. The van der Waals surface area contributed by atoms with E-state index >= 15 is 0 Å². The molecule has 0 aromatic heterocycles. The predicted molar refractivity (Wildman–Crippen MR) is 238 cm³/mol. The second kappa shape index (κ2) is 21.8. The summed E-state index contributed by atoms with van der Waals surface area (Å²) in [5.41, 5.74) is 2.00. The zero-order valence-corrected chi connectivity index (χ0v) is 39.3. The first kappa shape index (κ1) is 50.6. The normalized spacial score (nSPS) is 13.6. The molecule has 0 aliphatic heterocycles. The van der Waals surface area contributed by atoms with Gasteiger partial charge in [0, 0.05) is 24.0 Å². The fourth-order valence-corrected chi connectivity index (χ4v) is 7.10. The van der Waals surface area contributed by atoms with Gasteiger partial charge in [0.1, 0.15) is 41.8 Å². The molecule has 0 saturated carbocycles. The molecule has 16 heteroatoms.